The summed E-state index contributed by atoms with van der Waals surface area (Å²) in [7, 11) is 0. The largest absolute Gasteiger partial charge is 0.480 e. The van der Waals surface area contributed by atoms with Crippen LogP contribution in [-0.4, -0.2) is 17.1 Å². The molecule has 1 aliphatic carbocycles. The van der Waals surface area contributed by atoms with E-state index in [0.29, 0.717) is 5.92 Å². The van der Waals surface area contributed by atoms with Crippen LogP contribution in [0.5, 0.6) is 0 Å². The molecule has 1 rings (SSSR count). The van der Waals surface area contributed by atoms with Crippen LogP contribution in [0.2, 0.25) is 0 Å². The zero-order chi connectivity index (χ0) is 11.1. The van der Waals surface area contributed by atoms with Gasteiger partial charge in [-0.25, -0.2) is 0 Å². The van der Waals surface area contributed by atoms with Crippen LogP contribution in [0.1, 0.15) is 40.5 Å². The highest BCUT2D eigenvalue weighted by molar-refractivity contribution is 5.74. The van der Waals surface area contributed by atoms with Crippen molar-refractivity contribution in [1.82, 2.24) is 0 Å². The summed E-state index contributed by atoms with van der Waals surface area (Å²) < 4.78 is 0. The number of carboxylic acids is 1. The molecular weight excluding hydrogens is 178 g/mol. The molecule has 1 saturated carbocycles. The Morgan fingerprint density at radius 3 is 2.29 bits per heavy atom. The fourth-order valence-electron chi connectivity index (χ4n) is 2.59. The number of aliphatic carboxylic acids is 1. The van der Waals surface area contributed by atoms with Gasteiger partial charge in [0.2, 0.25) is 0 Å². The zero-order valence-electron chi connectivity index (χ0n) is 9.50. The monoisotopic (exact) mass is 199 g/mol. The van der Waals surface area contributed by atoms with Crippen molar-refractivity contribution < 1.29 is 9.90 Å². The maximum absolute atomic E-state index is 11.0. The van der Waals surface area contributed by atoms with Gasteiger partial charge in [-0.2, -0.15) is 0 Å². The minimum Gasteiger partial charge on any atom is -0.480 e. The van der Waals surface area contributed by atoms with E-state index in [2.05, 4.69) is 20.8 Å². The van der Waals surface area contributed by atoms with E-state index in [4.69, 9.17) is 10.8 Å². The molecular formula is C11H21NO2. The van der Waals surface area contributed by atoms with Crippen LogP contribution in [0.3, 0.4) is 0 Å². The van der Waals surface area contributed by atoms with Gasteiger partial charge in [0.25, 0.3) is 0 Å². The molecule has 0 spiro atoms. The number of hydrogen-bond acceptors (Lipinski definition) is 2. The summed E-state index contributed by atoms with van der Waals surface area (Å²) in [5.41, 5.74) is 5.52. The maximum Gasteiger partial charge on any atom is 0.321 e. The number of nitrogens with two attached hydrogens (primary N) is 1. The molecule has 3 N–H and O–H groups in total. The van der Waals surface area contributed by atoms with Crippen LogP contribution in [0.25, 0.3) is 0 Å². The van der Waals surface area contributed by atoms with Crippen molar-refractivity contribution in [2.45, 2.75) is 46.6 Å². The number of hydrogen-bond donors (Lipinski definition) is 2. The second-order valence-corrected chi connectivity index (χ2v) is 5.39. The van der Waals surface area contributed by atoms with Crippen molar-refractivity contribution in [3.05, 3.63) is 0 Å². The van der Waals surface area contributed by atoms with Gasteiger partial charge < -0.3 is 10.8 Å². The molecule has 3 heteroatoms. The highest BCUT2D eigenvalue weighted by Crippen LogP contribution is 2.56. The Bertz CT molecular complexity index is 250. The number of carbonyl (C=O) groups is 1. The average molecular weight is 199 g/mol. The molecule has 0 amide bonds. The Balaban J connectivity index is 3.01. The lowest BCUT2D eigenvalue weighted by atomic mass is 9.62. The van der Waals surface area contributed by atoms with E-state index in [1.54, 1.807) is 0 Å². The summed E-state index contributed by atoms with van der Waals surface area (Å²) in [6.45, 7) is 8.45. The van der Waals surface area contributed by atoms with Crippen LogP contribution < -0.4 is 5.73 Å². The summed E-state index contributed by atoms with van der Waals surface area (Å²) in [6.07, 6.45) is 1.99. The molecule has 0 radical (unpaired) electrons. The van der Waals surface area contributed by atoms with Gasteiger partial charge in [-0.05, 0) is 29.6 Å². The third-order valence-corrected chi connectivity index (χ3v) is 4.75. The van der Waals surface area contributed by atoms with Crippen molar-refractivity contribution in [2.75, 3.05) is 0 Å². The van der Waals surface area contributed by atoms with Crippen LogP contribution in [0, 0.1) is 16.7 Å². The molecule has 14 heavy (non-hydrogen) atoms. The van der Waals surface area contributed by atoms with Crippen molar-refractivity contribution in [3.8, 4) is 0 Å². The molecule has 1 aliphatic rings. The van der Waals surface area contributed by atoms with E-state index in [9.17, 15) is 4.79 Å². The van der Waals surface area contributed by atoms with E-state index in [0.717, 1.165) is 12.8 Å². The molecule has 1 fully saturated rings. The predicted molar refractivity (Wildman–Crippen MR) is 55.9 cm³/mol. The molecule has 3 nitrogen and oxygen atoms in total. The predicted octanol–water partition coefficient (Wildman–Crippen LogP) is 1.86. The summed E-state index contributed by atoms with van der Waals surface area (Å²) in [4.78, 5) is 11.0. The normalized spacial score (nSPS) is 38.2. The molecule has 0 aromatic rings. The third kappa shape index (κ3) is 1.34. The van der Waals surface area contributed by atoms with E-state index < -0.39 is 12.0 Å². The topological polar surface area (TPSA) is 63.3 Å². The molecule has 0 aromatic carbocycles. The minimum absolute atomic E-state index is 0.00477. The Kier molecular flexibility index (Phi) is 2.65. The smallest absolute Gasteiger partial charge is 0.321 e. The SMILES string of the molecule is CC1CCC(C)(C(N)C(=O)O)C1(C)C. The Labute approximate surface area is 85.7 Å². The van der Waals surface area contributed by atoms with Crippen LogP contribution >= 0.6 is 0 Å². The quantitative estimate of drug-likeness (QED) is 0.713. The highest BCUT2D eigenvalue weighted by atomic mass is 16.4. The van der Waals surface area contributed by atoms with Crippen LogP contribution in [-0.2, 0) is 4.79 Å². The molecule has 82 valence electrons. The molecule has 3 unspecified atom stereocenters. The van der Waals surface area contributed by atoms with Gasteiger partial charge >= 0.3 is 5.97 Å². The van der Waals surface area contributed by atoms with Crippen molar-refractivity contribution in [3.63, 3.8) is 0 Å². The lowest BCUT2D eigenvalue weighted by Gasteiger charge is -2.43. The van der Waals surface area contributed by atoms with Gasteiger partial charge in [0, 0.05) is 0 Å². The second-order valence-electron chi connectivity index (χ2n) is 5.39. The number of rotatable bonds is 2. The minimum atomic E-state index is -0.880. The van der Waals surface area contributed by atoms with Crippen LogP contribution in [0.15, 0.2) is 0 Å². The van der Waals surface area contributed by atoms with E-state index >= 15 is 0 Å². The maximum atomic E-state index is 11.0. The fraction of sp³-hybridized carbons (Fsp3) is 0.909. The molecule has 0 saturated heterocycles. The molecule has 0 bridgehead atoms. The lowest BCUT2D eigenvalue weighted by molar-refractivity contribution is -0.144. The van der Waals surface area contributed by atoms with Gasteiger partial charge in [-0.15, -0.1) is 0 Å². The highest BCUT2D eigenvalue weighted by Gasteiger charge is 2.54. The van der Waals surface area contributed by atoms with Gasteiger partial charge in [-0.3, -0.25) is 4.79 Å². The Hall–Kier alpha value is -0.570. The molecule has 3 atom stereocenters. The first-order valence-corrected chi connectivity index (χ1v) is 5.22. The fourth-order valence-corrected chi connectivity index (χ4v) is 2.59. The van der Waals surface area contributed by atoms with Gasteiger partial charge in [0.1, 0.15) is 6.04 Å². The van der Waals surface area contributed by atoms with E-state index in [1.807, 2.05) is 6.92 Å². The summed E-state index contributed by atoms with van der Waals surface area (Å²) in [6, 6.07) is -0.748. The van der Waals surface area contributed by atoms with Crippen molar-refractivity contribution in [2.24, 2.45) is 22.5 Å². The average Bonchev–Trinajstić information content (AvgIpc) is 2.29. The first-order chi connectivity index (χ1) is 6.23. The summed E-state index contributed by atoms with van der Waals surface area (Å²) >= 11 is 0. The summed E-state index contributed by atoms with van der Waals surface area (Å²) in [5.74, 6) is -0.340. The second kappa shape index (κ2) is 3.23. The van der Waals surface area contributed by atoms with Gasteiger partial charge in [0.15, 0.2) is 0 Å². The van der Waals surface area contributed by atoms with Crippen molar-refractivity contribution in [1.29, 1.82) is 0 Å². The van der Waals surface area contributed by atoms with Crippen LogP contribution in [0.4, 0.5) is 0 Å². The van der Waals surface area contributed by atoms with Crippen molar-refractivity contribution >= 4 is 5.97 Å². The molecule has 0 heterocycles. The van der Waals surface area contributed by atoms with Gasteiger partial charge in [-0.1, -0.05) is 27.7 Å². The first kappa shape index (κ1) is 11.5. The van der Waals surface area contributed by atoms with E-state index in [-0.39, 0.29) is 10.8 Å². The lowest BCUT2D eigenvalue weighted by Crippen LogP contribution is -2.51. The third-order valence-electron chi connectivity index (χ3n) is 4.75. The number of carboxylic acid groups (broad SMARTS) is 1. The standard InChI is InChI=1S/C11H21NO2/c1-7-5-6-11(4,10(7,2)3)8(12)9(13)14/h7-8H,5-6,12H2,1-4H3,(H,13,14). The Morgan fingerprint density at radius 2 is 2.00 bits per heavy atom. The molecule has 0 aromatic heterocycles. The van der Waals surface area contributed by atoms with E-state index in [1.165, 1.54) is 0 Å². The zero-order valence-corrected chi connectivity index (χ0v) is 9.50. The Morgan fingerprint density at radius 1 is 1.50 bits per heavy atom. The molecule has 0 aliphatic heterocycles. The van der Waals surface area contributed by atoms with Gasteiger partial charge in [0.05, 0.1) is 0 Å². The summed E-state index contributed by atoms with van der Waals surface area (Å²) in [5, 5.41) is 9.00. The first-order valence-electron chi connectivity index (χ1n) is 5.22.